The highest BCUT2D eigenvalue weighted by Crippen LogP contribution is 2.20. The third-order valence-electron chi connectivity index (χ3n) is 3.35. The van der Waals surface area contributed by atoms with Crippen molar-refractivity contribution in [2.75, 3.05) is 6.54 Å². The van der Waals surface area contributed by atoms with Gasteiger partial charge in [-0.2, -0.15) is 0 Å². The number of fused-ring (bicyclic) bond motifs is 1. The van der Waals surface area contributed by atoms with Crippen molar-refractivity contribution in [3.05, 3.63) is 52.6 Å². The number of pyridine rings is 1. The first-order valence-corrected chi connectivity index (χ1v) is 7.59. The number of aromatic nitrogens is 3. The lowest BCUT2D eigenvalue weighted by Gasteiger charge is -2.05. The summed E-state index contributed by atoms with van der Waals surface area (Å²) in [6, 6.07) is 4.09. The Balaban J connectivity index is 1.61. The zero-order valence-corrected chi connectivity index (χ0v) is 12.6. The number of aryl methyl sites for hydroxylation is 2. The van der Waals surface area contributed by atoms with Crippen molar-refractivity contribution < 1.29 is 0 Å². The first-order chi connectivity index (χ1) is 9.74. The van der Waals surface area contributed by atoms with E-state index in [2.05, 4.69) is 45.8 Å². The highest BCUT2D eigenvalue weighted by molar-refractivity contribution is 7.17. The molecule has 1 N–H and O–H groups in total. The van der Waals surface area contributed by atoms with Crippen molar-refractivity contribution in [1.29, 1.82) is 0 Å². The van der Waals surface area contributed by atoms with Crippen LogP contribution >= 0.6 is 11.3 Å². The summed E-state index contributed by atoms with van der Waals surface area (Å²) in [5, 5.41) is 3.49. The lowest BCUT2D eigenvalue weighted by Crippen LogP contribution is -2.18. The summed E-state index contributed by atoms with van der Waals surface area (Å²) in [6.45, 7) is 5.99. The van der Waals surface area contributed by atoms with E-state index < -0.39 is 0 Å². The van der Waals surface area contributed by atoms with Crippen molar-refractivity contribution in [2.45, 2.75) is 26.8 Å². The van der Waals surface area contributed by atoms with Gasteiger partial charge in [-0.3, -0.25) is 9.38 Å². The van der Waals surface area contributed by atoms with Gasteiger partial charge >= 0.3 is 0 Å². The molecule has 0 amide bonds. The second-order valence-electron chi connectivity index (χ2n) is 4.93. The summed E-state index contributed by atoms with van der Waals surface area (Å²) in [4.78, 5) is 11.1. The van der Waals surface area contributed by atoms with E-state index in [1.165, 1.54) is 16.1 Å². The monoisotopic (exact) mass is 286 g/mol. The van der Waals surface area contributed by atoms with Gasteiger partial charge in [-0.1, -0.05) is 6.07 Å². The standard InChI is InChI=1S/C15H18N4S/c1-11-10-19-14(12(2)18-15(19)20-11)9-17-7-5-13-4-3-6-16-8-13/h3-4,6,8,10,17H,5,7,9H2,1-2H3. The van der Waals surface area contributed by atoms with Gasteiger partial charge in [0.25, 0.3) is 0 Å². The van der Waals surface area contributed by atoms with Gasteiger partial charge in [-0.25, -0.2) is 4.98 Å². The summed E-state index contributed by atoms with van der Waals surface area (Å²) >= 11 is 1.74. The van der Waals surface area contributed by atoms with Crippen LogP contribution in [0.1, 0.15) is 21.8 Å². The minimum absolute atomic E-state index is 0.851. The molecule has 0 aliphatic carbocycles. The Bertz CT molecular complexity index is 699. The number of imidazole rings is 1. The van der Waals surface area contributed by atoms with Crippen LogP contribution in [0.2, 0.25) is 0 Å². The molecule has 0 atom stereocenters. The molecule has 0 aliphatic rings. The van der Waals surface area contributed by atoms with Crippen LogP contribution in [0.25, 0.3) is 4.96 Å². The quantitative estimate of drug-likeness (QED) is 0.733. The maximum Gasteiger partial charge on any atom is 0.194 e. The van der Waals surface area contributed by atoms with E-state index in [9.17, 15) is 0 Å². The molecule has 0 fully saturated rings. The maximum absolute atomic E-state index is 4.60. The minimum Gasteiger partial charge on any atom is -0.311 e. The molecule has 104 valence electrons. The Kier molecular flexibility index (Phi) is 3.80. The fourth-order valence-electron chi connectivity index (χ4n) is 2.31. The summed E-state index contributed by atoms with van der Waals surface area (Å²) in [6.07, 6.45) is 6.89. The molecule has 3 aromatic rings. The highest BCUT2D eigenvalue weighted by Gasteiger charge is 2.10. The van der Waals surface area contributed by atoms with Gasteiger partial charge in [0.2, 0.25) is 0 Å². The maximum atomic E-state index is 4.60. The molecule has 0 aliphatic heterocycles. The third kappa shape index (κ3) is 2.73. The van der Waals surface area contributed by atoms with Crippen LogP contribution in [0.4, 0.5) is 0 Å². The lowest BCUT2D eigenvalue weighted by molar-refractivity contribution is 0.667. The van der Waals surface area contributed by atoms with Gasteiger partial charge < -0.3 is 5.32 Å². The van der Waals surface area contributed by atoms with Crippen molar-refractivity contribution in [3.63, 3.8) is 0 Å². The minimum atomic E-state index is 0.851. The second kappa shape index (κ2) is 5.73. The molecule has 3 aromatic heterocycles. The molecule has 4 nitrogen and oxygen atoms in total. The SMILES string of the molecule is Cc1cn2c(CNCCc3cccnc3)c(C)nc2s1. The molecule has 0 unspecified atom stereocenters. The molecule has 0 saturated heterocycles. The van der Waals surface area contributed by atoms with Crippen LogP contribution in [-0.4, -0.2) is 20.9 Å². The predicted molar refractivity (Wildman–Crippen MR) is 82.2 cm³/mol. The Labute approximate surface area is 122 Å². The number of thiazole rings is 1. The summed E-state index contributed by atoms with van der Waals surface area (Å²) in [5.41, 5.74) is 3.64. The molecule has 0 bridgehead atoms. The average molecular weight is 286 g/mol. The average Bonchev–Trinajstić information content (AvgIpc) is 2.92. The molecule has 5 heteroatoms. The highest BCUT2D eigenvalue weighted by atomic mass is 32.1. The van der Waals surface area contributed by atoms with Crippen LogP contribution in [0.3, 0.4) is 0 Å². The number of hydrogen-bond acceptors (Lipinski definition) is 4. The lowest BCUT2D eigenvalue weighted by atomic mass is 10.2. The van der Waals surface area contributed by atoms with Gasteiger partial charge in [-0.15, -0.1) is 11.3 Å². The zero-order valence-electron chi connectivity index (χ0n) is 11.8. The summed E-state index contributed by atoms with van der Waals surface area (Å²) < 4.78 is 2.20. The van der Waals surface area contributed by atoms with Crippen LogP contribution < -0.4 is 5.32 Å². The normalized spacial score (nSPS) is 11.3. The van der Waals surface area contributed by atoms with Gasteiger partial charge in [0.1, 0.15) is 0 Å². The number of hydrogen-bond donors (Lipinski definition) is 1. The van der Waals surface area contributed by atoms with Crippen LogP contribution in [0.15, 0.2) is 30.7 Å². The molecule has 0 radical (unpaired) electrons. The van der Waals surface area contributed by atoms with Gasteiger partial charge in [-0.05, 0) is 38.4 Å². The van der Waals surface area contributed by atoms with Crippen molar-refractivity contribution in [2.24, 2.45) is 0 Å². The summed E-state index contributed by atoms with van der Waals surface area (Å²) in [5.74, 6) is 0. The Morgan fingerprint density at radius 3 is 3.05 bits per heavy atom. The molecule has 0 aromatic carbocycles. The molecular weight excluding hydrogens is 268 g/mol. The molecule has 3 heterocycles. The third-order valence-corrected chi connectivity index (χ3v) is 4.24. The van der Waals surface area contributed by atoms with E-state index >= 15 is 0 Å². The fourth-order valence-corrected chi connectivity index (χ4v) is 3.20. The molecule has 3 rings (SSSR count). The second-order valence-corrected chi connectivity index (χ2v) is 6.14. The van der Waals surface area contributed by atoms with Crippen LogP contribution in [0.5, 0.6) is 0 Å². The molecule has 0 spiro atoms. The number of rotatable bonds is 5. The van der Waals surface area contributed by atoms with Crippen molar-refractivity contribution >= 4 is 16.3 Å². The van der Waals surface area contributed by atoms with Gasteiger partial charge in [0.05, 0.1) is 11.4 Å². The van der Waals surface area contributed by atoms with Crippen LogP contribution in [0, 0.1) is 13.8 Å². The number of nitrogens with zero attached hydrogens (tertiary/aromatic N) is 3. The van der Waals surface area contributed by atoms with Crippen molar-refractivity contribution in [3.8, 4) is 0 Å². The van der Waals surface area contributed by atoms with Crippen LogP contribution in [-0.2, 0) is 13.0 Å². The van der Waals surface area contributed by atoms with E-state index in [1.54, 1.807) is 11.3 Å². The smallest absolute Gasteiger partial charge is 0.194 e. The first-order valence-electron chi connectivity index (χ1n) is 6.77. The van der Waals surface area contributed by atoms with E-state index in [-0.39, 0.29) is 0 Å². The number of nitrogens with one attached hydrogen (secondary N) is 1. The predicted octanol–water partition coefficient (Wildman–Crippen LogP) is 2.74. The van der Waals surface area contributed by atoms with Crippen molar-refractivity contribution in [1.82, 2.24) is 19.7 Å². The molecule has 0 saturated carbocycles. The van der Waals surface area contributed by atoms with Gasteiger partial charge in [0.15, 0.2) is 4.96 Å². The van der Waals surface area contributed by atoms with E-state index in [0.717, 1.165) is 30.2 Å². The Hall–Kier alpha value is -1.72. The topological polar surface area (TPSA) is 42.2 Å². The fraction of sp³-hybridized carbons (Fsp3) is 0.333. The van der Waals surface area contributed by atoms with E-state index in [0.29, 0.717) is 0 Å². The Morgan fingerprint density at radius 1 is 1.35 bits per heavy atom. The zero-order chi connectivity index (χ0) is 13.9. The van der Waals surface area contributed by atoms with E-state index in [4.69, 9.17) is 0 Å². The molecule has 20 heavy (non-hydrogen) atoms. The van der Waals surface area contributed by atoms with E-state index in [1.807, 2.05) is 18.5 Å². The Morgan fingerprint density at radius 2 is 2.25 bits per heavy atom. The molecular formula is C15H18N4S. The first kappa shape index (κ1) is 13.3. The summed E-state index contributed by atoms with van der Waals surface area (Å²) in [7, 11) is 0. The van der Waals surface area contributed by atoms with Gasteiger partial charge in [0, 0.05) is 30.0 Å². The largest absolute Gasteiger partial charge is 0.311 e.